The van der Waals surface area contributed by atoms with Gasteiger partial charge < -0.3 is 9.64 Å². The second kappa shape index (κ2) is 7.49. The highest BCUT2D eigenvalue weighted by atomic mass is 79.9. The number of esters is 1. The molecule has 23 heavy (non-hydrogen) atoms. The van der Waals surface area contributed by atoms with Gasteiger partial charge in [-0.25, -0.2) is 4.79 Å². The van der Waals surface area contributed by atoms with Gasteiger partial charge in [0.15, 0.2) is 5.12 Å². The lowest BCUT2D eigenvalue weighted by Crippen LogP contribution is -2.25. The minimum absolute atomic E-state index is 0.0325. The Balaban J connectivity index is 2.22. The number of carbonyl (C=O) groups is 3. The van der Waals surface area contributed by atoms with Crippen molar-refractivity contribution < 1.29 is 19.1 Å². The Morgan fingerprint density at radius 1 is 1.43 bits per heavy atom. The molecule has 0 aliphatic carbocycles. The summed E-state index contributed by atoms with van der Waals surface area (Å²) in [6.45, 7) is 3.92. The smallest absolute Gasteiger partial charge is 0.338 e. The van der Waals surface area contributed by atoms with Gasteiger partial charge in [0.2, 0.25) is 5.91 Å². The van der Waals surface area contributed by atoms with Crippen LogP contribution in [0.25, 0.3) is 0 Å². The molecule has 0 spiro atoms. The van der Waals surface area contributed by atoms with E-state index in [0.717, 1.165) is 11.3 Å². The molecule has 1 aliphatic rings. The van der Waals surface area contributed by atoms with Crippen LogP contribution in [0.5, 0.6) is 0 Å². The van der Waals surface area contributed by atoms with Crippen LogP contribution in [0.3, 0.4) is 0 Å². The molecule has 1 saturated heterocycles. The van der Waals surface area contributed by atoms with Crippen molar-refractivity contribution in [2.24, 2.45) is 5.92 Å². The topological polar surface area (TPSA) is 63.7 Å². The van der Waals surface area contributed by atoms with Crippen LogP contribution >= 0.6 is 27.7 Å². The molecule has 1 aliphatic heterocycles. The highest BCUT2D eigenvalue weighted by molar-refractivity contribution is 9.10. The predicted molar refractivity (Wildman–Crippen MR) is 93.8 cm³/mol. The van der Waals surface area contributed by atoms with Crippen LogP contribution < -0.4 is 4.90 Å². The molecule has 5 nitrogen and oxygen atoms in total. The molecule has 1 heterocycles. The number of carbonyl (C=O) groups excluding carboxylic acids is 3. The second-order valence-corrected chi connectivity index (χ2v) is 7.43. The van der Waals surface area contributed by atoms with Gasteiger partial charge >= 0.3 is 5.97 Å². The van der Waals surface area contributed by atoms with Crippen molar-refractivity contribution in [3.8, 4) is 0 Å². The van der Waals surface area contributed by atoms with Crippen LogP contribution in [0.1, 0.15) is 29.3 Å². The molecule has 0 aromatic heterocycles. The molecule has 0 N–H and O–H groups in total. The Morgan fingerprint density at radius 2 is 2.13 bits per heavy atom. The molecule has 0 radical (unpaired) electrons. The van der Waals surface area contributed by atoms with Crippen molar-refractivity contribution in [1.29, 1.82) is 0 Å². The van der Waals surface area contributed by atoms with Crippen LogP contribution in [0, 0.1) is 12.8 Å². The first kappa shape index (κ1) is 18.0. The highest BCUT2D eigenvalue weighted by Gasteiger charge is 2.32. The van der Waals surface area contributed by atoms with Crippen LogP contribution in [0.2, 0.25) is 0 Å². The minimum Gasteiger partial charge on any atom is -0.465 e. The van der Waals surface area contributed by atoms with E-state index in [0.29, 0.717) is 28.8 Å². The summed E-state index contributed by atoms with van der Waals surface area (Å²) >= 11 is 4.74. The third kappa shape index (κ3) is 3.95. The van der Waals surface area contributed by atoms with Crippen LogP contribution in [0.15, 0.2) is 16.6 Å². The molecule has 124 valence electrons. The molecule has 1 fully saturated rings. The third-order valence-corrected chi connectivity index (χ3v) is 5.84. The van der Waals surface area contributed by atoms with Crippen LogP contribution in [-0.2, 0) is 14.3 Å². The van der Waals surface area contributed by atoms with E-state index in [9.17, 15) is 14.4 Å². The Hall–Kier alpha value is -1.34. The Labute approximate surface area is 147 Å². The zero-order valence-corrected chi connectivity index (χ0v) is 15.6. The second-order valence-electron chi connectivity index (χ2n) is 5.44. The molecule has 0 saturated carbocycles. The number of amides is 1. The van der Waals surface area contributed by atoms with E-state index in [4.69, 9.17) is 4.74 Å². The van der Waals surface area contributed by atoms with E-state index in [-0.39, 0.29) is 16.9 Å². The van der Waals surface area contributed by atoms with E-state index in [1.165, 1.54) is 25.8 Å². The molecular weight excluding hydrogens is 382 g/mol. The zero-order chi connectivity index (χ0) is 17.1. The molecule has 1 aromatic rings. The van der Waals surface area contributed by atoms with Crippen molar-refractivity contribution in [3.05, 3.63) is 27.7 Å². The molecule has 1 amide bonds. The first-order valence-electron chi connectivity index (χ1n) is 7.16. The molecule has 1 atom stereocenters. The highest BCUT2D eigenvalue weighted by Crippen LogP contribution is 2.36. The van der Waals surface area contributed by atoms with Crippen LogP contribution in [-0.4, -0.2) is 36.4 Å². The Morgan fingerprint density at radius 3 is 2.74 bits per heavy atom. The van der Waals surface area contributed by atoms with Gasteiger partial charge in [-0.2, -0.15) is 0 Å². The largest absolute Gasteiger partial charge is 0.465 e. The lowest BCUT2D eigenvalue weighted by atomic mass is 10.1. The van der Waals surface area contributed by atoms with E-state index < -0.39 is 5.97 Å². The van der Waals surface area contributed by atoms with Gasteiger partial charge in [0, 0.05) is 30.1 Å². The van der Waals surface area contributed by atoms with Crippen molar-refractivity contribution in [3.63, 3.8) is 0 Å². The van der Waals surface area contributed by atoms with Gasteiger partial charge in [-0.3, -0.25) is 9.59 Å². The first-order valence-corrected chi connectivity index (χ1v) is 8.94. The van der Waals surface area contributed by atoms with Crippen molar-refractivity contribution in [2.45, 2.75) is 20.3 Å². The molecular formula is C16H18BrNO4S. The summed E-state index contributed by atoms with van der Waals surface area (Å²) in [5, 5.41) is 0.0651. The van der Waals surface area contributed by atoms with Crippen molar-refractivity contribution in [2.75, 3.05) is 24.3 Å². The maximum Gasteiger partial charge on any atom is 0.338 e. The van der Waals surface area contributed by atoms with E-state index in [2.05, 4.69) is 15.9 Å². The van der Waals surface area contributed by atoms with Crippen molar-refractivity contribution in [1.82, 2.24) is 0 Å². The quantitative estimate of drug-likeness (QED) is 0.727. The molecule has 2 rings (SSSR count). The maximum absolute atomic E-state index is 12.3. The normalized spacial score (nSPS) is 17.5. The number of benzene rings is 1. The summed E-state index contributed by atoms with van der Waals surface area (Å²) in [7, 11) is 1.34. The standard InChI is InChI=1S/C16H18BrNO4S/c1-9-12(16(21)22-3)4-5-13(15(9)17)18-7-11(6-14(18)20)8-23-10(2)19/h4-5,11H,6-8H2,1-3H3. The number of hydrogen-bond donors (Lipinski definition) is 0. The number of nitrogens with zero attached hydrogens (tertiary/aromatic N) is 1. The van der Waals surface area contributed by atoms with E-state index in [1.807, 2.05) is 6.92 Å². The zero-order valence-electron chi connectivity index (χ0n) is 13.2. The van der Waals surface area contributed by atoms with Gasteiger partial charge in [-0.1, -0.05) is 11.8 Å². The average molecular weight is 400 g/mol. The number of hydrogen-bond acceptors (Lipinski definition) is 5. The lowest BCUT2D eigenvalue weighted by molar-refractivity contribution is -0.117. The first-order chi connectivity index (χ1) is 10.8. The fourth-order valence-corrected chi connectivity index (χ4v) is 3.83. The average Bonchev–Trinajstić information content (AvgIpc) is 2.88. The number of methoxy groups -OCH3 is 1. The number of thioether (sulfide) groups is 1. The number of rotatable bonds is 4. The summed E-state index contributed by atoms with van der Waals surface area (Å²) in [6.07, 6.45) is 0.435. The van der Waals surface area contributed by atoms with Gasteiger partial charge in [-0.15, -0.1) is 0 Å². The SMILES string of the molecule is COC(=O)c1ccc(N2CC(CSC(C)=O)CC2=O)c(Br)c1C. The molecule has 1 unspecified atom stereocenters. The number of anilines is 1. The fourth-order valence-electron chi connectivity index (χ4n) is 2.57. The summed E-state index contributed by atoms with van der Waals surface area (Å²) in [4.78, 5) is 36.8. The minimum atomic E-state index is -0.404. The van der Waals surface area contributed by atoms with Crippen LogP contribution in [0.4, 0.5) is 5.69 Å². The monoisotopic (exact) mass is 399 g/mol. The fraction of sp³-hybridized carbons (Fsp3) is 0.438. The van der Waals surface area contributed by atoms with E-state index >= 15 is 0 Å². The van der Waals surface area contributed by atoms with E-state index in [1.54, 1.807) is 17.0 Å². The summed E-state index contributed by atoms with van der Waals surface area (Å²) in [5.41, 5.74) is 1.96. The molecule has 0 bridgehead atoms. The number of ether oxygens (including phenoxy) is 1. The summed E-state index contributed by atoms with van der Waals surface area (Å²) in [5.74, 6) is 0.432. The lowest BCUT2D eigenvalue weighted by Gasteiger charge is -2.20. The van der Waals surface area contributed by atoms with Crippen molar-refractivity contribution >= 4 is 50.4 Å². The maximum atomic E-state index is 12.3. The summed E-state index contributed by atoms with van der Waals surface area (Å²) in [6, 6.07) is 3.42. The molecule has 1 aromatic carbocycles. The van der Waals surface area contributed by atoms with Gasteiger partial charge in [-0.05, 0) is 46.5 Å². The summed E-state index contributed by atoms with van der Waals surface area (Å²) < 4.78 is 5.47. The third-order valence-electron chi connectivity index (χ3n) is 3.79. The molecule has 7 heteroatoms. The van der Waals surface area contributed by atoms with Gasteiger partial charge in [0.25, 0.3) is 0 Å². The Bertz CT molecular complexity index is 662. The van der Waals surface area contributed by atoms with Gasteiger partial charge in [0.1, 0.15) is 0 Å². The Kier molecular flexibility index (Phi) is 5.86. The number of halogens is 1. The predicted octanol–water partition coefficient (Wildman–Crippen LogP) is 3.18. The van der Waals surface area contributed by atoms with Gasteiger partial charge in [0.05, 0.1) is 18.4 Å².